The van der Waals surface area contributed by atoms with E-state index in [0.29, 0.717) is 23.5 Å². The average Bonchev–Trinajstić information content (AvgIpc) is 2.37. The molecule has 5 nitrogen and oxygen atoms in total. The zero-order valence-electron chi connectivity index (χ0n) is 10.1. The van der Waals surface area contributed by atoms with E-state index < -0.39 is 12.1 Å². The summed E-state index contributed by atoms with van der Waals surface area (Å²) in [6, 6.07) is 4.59. The van der Waals surface area contributed by atoms with Crippen molar-refractivity contribution < 1.29 is 19.7 Å². The highest BCUT2D eigenvalue weighted by Crippen LogP contribution is 2.31. The van der Waals surface area contributed by atoms with E-state index in [2.05, 4.69) is 0 Å². The van der Waals surface area contributed by atoms with Crippen molar-refractivity contribution in [2.45, 2.75) is 18.6 Å². The molecule has 0 aromatic heterocycles. The fourth-order valence-electron chi connectivity index (χ4n) is 1.61. The van der Waals surface area contributed by atoms with Gasteiger partial charge in [0.25, 0.3) is 0 Å². The van der Waals surface area contributed by atoms with Gasteiger partial charge in [0.1, 0.15) is 11.5 Å². The normalized spacial score (nSPS) is 14.2. The number of aliphatic hydroxyl groups excluding tert-OH is 2. The molecule has 0 saturated carbocycles. The highest BCUT2D eigenvalue weighted by atomic mass is 16.5. The lowest BCUT2D eigenvalue weighted by atomic mass is 9.99. The van der Waals surface area contributed by atoms with Crippen molar-refractivity contribution in [3.8, 4) is 11.5 Å². The van der Waals surface area contributed by atoms with E-state index in [1.165, 1.54) is 7.11 Å². The van der Waals surface area contributed by atoms with Crippen LogP contribution in [0, 0.1) is 0 Å². The first-order valence-corrected chi connectivity index (χ1v) is 5.40. The van der Waals surface area contributed by atoms with E-state index in [1.807, 2.05) is 0 Å². The van der Waals surface area contributed by atoms with Crippen molar-refractivity contribution in [1.82, 2.24) is 0 Å². The van der Waals surface area contributed by atoms with Gasteiger partial charge in [0, 0.05) is 18.2 Å². The summed E-state index contributed by atoms with van der Waals surface area (Å²) in [4.78, 5) is 0. The van der Waals surface area contributed by atoms with Crippen molar-refractivity contribution in [2.75, 3.05) is 20.8 Å². The molecule has 0 bridgehead atoms. The Balaban J connectivity index is 3.00. The lowest BCUT2D eigenvalue weighted by Crippen LogP contribution is -2.29. The Hall–Kier alpha value is -1.30. The second-order valence-electron chi connectivity index (χ2n) is 3.73. The summed E-state index contributed by atoms with van der Waals surface area (Å²) in [6.07, 6.45) is -0.575. The van der Waals surface area contributed by atoms with Gasteiger partial charge in [-0.25, -0.2) is 0 Å². The lowest BCUT2D eigenvalue weighted by Gasteiger charge is -2.21. The van der Waals surface area contributed by atoms with Gasteiger partial charge in [0.05, 0.1) is 20.3 Å². The van der Waals surface area contributed by atoms with Gasteiger partial charge in [-0.3, -0.25) is 0 Å². The van der Waals surface area contributed by atoms with Crippen LogP contribution in [0.15, 0.2) is 18.2 Å². The number of aliphatic hydroxyl groups is 2. The third-order valence-electron chi connectivity index (χ3n) is 2.62. The average molecular weight is 241 g/mol. The van der Waals surface area contributed by atoms with Gasteiger partial charge in [0.15, 0.2) is 0 Å². The van der Waals surface area contributed by atoms with Crippen molar-refractivity contribution in [1.29, 1.82) is 0 Å². The quantitative estimate of drug-likeness (QED) is 0.673. The van der Waals surface area contributed by atoms with E-state index in [0.717, 1.165) is 0 Å². The van der Waals surface area contributed by atoms with Gasteiger partial charge in [-0.2, -0.15) is 0 Å². The molecule has 0 fully saturated rings. The van der Waals surface area contributed by atoms with Crippen LogP contribution in [0.2, 0.25) is 0 Å². The van der Waals surface area contributed by atoms with Crippen LogP contribution in [0.25, 0.3) is 0 Å². The minimum absolute atomic E-state index is 0.0650. The molecule has 1 rings (SSSR count). The first kappa shape index (κ1) is 13.8. The monoisotopic (exact) mass is 241 g/mol. The zero-order chi connectivity index (χ0) is 12.8. The second kappa shape index (κ2) is 6.44. The molecule has 96 valence electrons. The Morgan fingerprint density at radius 3 is 2.53 bits per heavy atom. The maximum Gasteiger partial charge on any atom is 0.124 e. The summed E-state index contributed by atoms with van der Waals surface area (Å²) in [5, 5.41) is 18.9. The summed E-state index contributed by atoms with van der Waals surface area (Å²) in [5.74, 6) is 1.17. The molecule has 4 N–H and O–H groups in total. The lowest BCUT2D eigenvalue weighted by molar-refractivity contribution is 0.126. The van der Waals surface area contributed by atoms with Crippen LogP contribution in [-0.4, -0.2) is 37.1 Å². The minimum atomic E-state index is -0.896. The Labute approximate surface area is 101 Å². The minimum Gasteiger partial charge on any atom is -0.497 e. The molecule has 0 saturated heterocycles. The molecule has 1 aromatic rings. The predicted molar refractivity (Wildman–Crippen MR) is 64.2 cm³/mol. The smallest absolute Gasteiger partial charge is 0.124 e. The number of nitrogens with two attached hydrogens (primary N) is 1. The number of hydrogen-bond acceptors (Lipinski definition) is 5. The summed E-state index contributed by atoms with van der Waals surface area (Å²) in [5.41, 5.74) is 6.33. The van der Waals surface area contributed by atoms with Crippen molar-refractivity contribution in [2.24, 2.45) is 5.73 Å². The fraction of sp³-hybridized carbons (Fsp3) is 0.500. The first-order valence-electron chi connectivity index (χ1n) is 5.40. The van der Waals surface area contributed by atoms with E-state index >= 15 is 0 Å². The Morgan fingerprint density at radius 2 is 2.00 bits per heavy atom. The van der Waals surface area contributed by atoms with Crippen LogP contribution >= 0.6 is 0 Å². The Bertz CT molecular complexity index is 356. The summed E-state index contributed by atoms with van der Waals surface area (Å²) in [6.45, 7) is -0.0650. The highest BCUT2D eigenvalue weighted by Gasteiger charge is 2.20. The molecule has 2 unspecified atom stereocenters. The van der Waals surface area contributed by atoms with Gasteiger partial charge in [-0.05, 0) is 24.6 Å². The van der Waals surface area contributed by atoms with Crippen LogP contribution in [-0.2, 0) is 0 Å². The van der Waals surface area contributed by atoms with Crippen molar-refractivity contribution in [3.05, 3.63) is 23.8 Å². The van der Waals surface area contributed by atoms with Crippen LogP contribution in [0.3, 0.4) is 0 Å². The maximum atomic E-state index is 10.1. The molecular formula is C12H19NO4. The van der Waals surface area contributed by atoms with E-state index in [9.17, 15) is 5.11 Å². The molecular weight excluding hydrogens is 222 g/mol. The van der Waals surface area contributed by atoms with Crippen LogP contribution in [0.4, 0.5) is 0 Å². The van der Waals surface area contributed by atoms with Gasteiger partial charge in [-0.1, -0.05) is 0 Å². The molecule has 1 aromatic carbocycles. The Kier molecular flexibility index (Phi) is 5.21. The molecule has 0 heterocycles. The summed E-state index contributed by atoms with van der Waals surface area (Å²) >= 11 is 0. The third-order valence-corrected chi connectivity index (χ3v) is 2.62. The number of rotatable bonds is 6. The number of methoxy groups -OCH3 is 2. The van der Waals surface area contributed by atoms with Crippen molar-refractivity contribution in [3.63, 3.8) is 0 Å². The standard InChI is InChI=1S/C12H19NO4/c1-16-8-3-4-11(17-2)9(7-8)12(15)10(13)5-6-14/h3-4,7,10,12,14-15H,5-6,13H2,1-2H3. The number of hydrogen-bond donors (Lipinski definition) is 3. The fourth-order valence-corrected chi connectivity index (χ4v) is 1.61. The highest BCUT2D eigenvalue weighted by molar-refractivity contribution is 5.42. The molecule has 17 heavy (non-hydrogen) atoms. The molecule has 0 aliphatic carbocycles. The van der Waals surface area contributed by atoms with E-state index in [1.54, 1.807) is 25.3 Å². The predicted octanol–water partition coefficient (Wildman–Crippen LogP) is 0.447. The van der Waals surface area contributed by atoms with Gasteiger partial charge >= 0.3 is 0 Å². The first-order chi connectivity index (χ1) is 8.13. The Morgan fingerprint density at radius 1 is 1.29 bits per heavy atom. The molecule has 2 atom stereocenters. The molecule has 0 amide bonds. The second-order valence-corrected chi connectivity index (χ2v) is 3.73. The summed E-state index contributed by atoms with van der Waals surface area (Å²) in [7, 11) is 3.07. The van der Waals surface area contributed by atoms with Crippen molar-refractivity contribution >= 4 is 0 Å². The molecule has 0 radical (unpaired) electrons. The van der Waals surface area contributed by atoms with Gasteiger partial charge in [-0.15, -0.1) is 0 Å². The number of benzene rings is 1. The zero-order valence-corrected chi connectivity index (χ0v) is 10.1. The van der Waals surface area contributed by atoms with Crippen LogP contribution in [0.1, 0.15) is 18.1 Å². The van der Waals surface area contributed by atoms with E-state index in [4.69, 9.17) is 20.3 Å². The molecule has 0 spiro atoms. The molecule has 5 heteroatoms. The van der Waals surface area contributed by atoms with Gasteiger partial charge < -0.3 is 25.4 Å². The summed E-state index contributed by atoms with van der Waals surface area (Å²) < 4.78 is 10.2. The number of ether oxygens (including phenoxy) is 2. The van der Waals surface area contributed by atoms with Gasteiger partial charge in [0.2, 0.25) is 0 Å². The van der Waals surface area contributed by atoms with E-state index in [-0.39, 0.29) is 6.61 Å². The SMILES string of the molecule is COc1ccc(OC)c(C(O)C(N)CCO)c1. The molecule has 0 aliphatic rings. The van der Waals surface area contributed by atoms with Crippen LogP contribution < -0.4 is 15.2 Å². The van der Waals surface area contributed by atoms with Crippen LogP contribution in [0.5, 0.6) is 11.5 Å². The maximum absolute atomic E-state index is 10.1. The largest absolute Gasteiger partial charge is 0.497 e. The topological polar surface area (TPSA) is 84.9 Å². The third kappa shape index (κ3) is 3.33. The molecule has 0 aliphatic heterocycles.